The number of anilines is 2. The van der Waals surface area contributed by atoms with E-state index in [0.29, 0.717) is 17.8 Å². The van der Waals surface area contributed by atoms with Crippen LogP contribution in [0.5, 0.6) is 0 Å². The number of nitrogens with one attached hydrogen (secondary N) is 2. The standard InChI is InChI=1S/C24H29N3O3/c1-15-10-16(2)12-18(11-15)27-14-17(13-21(27)28)22(29)25-20-9-7-6-8-19(20)23(30)26-24(3,4)5/h6-12,17H,13-14H2,1-5H3,(H,25,29)(H,26,30). The number of benzene rings is 2. The predicted molar refractivity (Wildman–Crippen MR) is 119 cm³/mol. The molecule has 1 aliphatic heterocycles. The molecule has 1 fully saturated rings. The molecule has 1 saturated heterocycles. The van der Waals surface area contributed by atoms with Crippen molar-refractivity contribution in [3.63, 3.8) is 0 Å². The maximum Gasteiger partial charge on any atom is 0.253 e. The van der Waals surface area contributed by atoms with E-state index < -0.39 is 11.5 Å². The molecule has 6 nitrogen and oxygen atoms in total. The Kier molecular flexibility index (Phi) is 5.97. The van der Waals surface area contributed by atoms with Crippen LogP contribution < -0.4 is 15.5 Å². The lowest BCUT2D eigenvalue weighted by atomic mass is 10.1. The highest BCUT2D eigenvalue weighted by Crippen LogP contribution is 2.28. The Labute approximate surface area is 177 Å². The molecule has 0 bridgehead atoms. The maximum absolute atomic E-state index is 12.9. The van der Waals surface area contributed by atoms with Gasteiger partial charge < -0.3 is 15.5 Å². The van der Waals surface area contributed by atoms with Crippen molar-refractivity contribution in [2.24, 2.45) is 5.92 Å². The first-order valence-corrected chi connectivity index (χ1v) is 10.1. The molecule has 0 spiro atoms. The van der Waals surface area contributed by atoms with E-state index in [1.807, 2.05) is 52.8 Å². The van der Waals surface area contributed by atoms with E-state index >= 15 is 0 Å². The third kappa shape index (κ3) is 5.06. The second-order valence-corrected chi connectivity index (χ2v) is 8.99. The summed E-state index contributed by atoms with van der Waals surface area (Å²) >= 11 is 0. The number of aryl methyl sites for hydroxylation is 2. The zero-order valence-corrected chi connectivity index (χ0v) is 18.2. The van der Waals surface area contributed by atoms with Gasteiger partial charge in [-0.05, 0) is 70.0 Å². The van der Waals surface area contributed by atoms with Crippen molar-refractivity contribution < 1.29 is 14.4 Å². The van der Waals surface area contributed by atoms with Gasteiger partial charge in [0, 0.05) is 24.2 Å². The van der Waals surface area contributed by atoms with Crippen LogP contribution in [0.25, 0.3) is 0 Å². The summed E-state index contributed by atoms with van der Waals surface area (Å²) in [5.41, 5.74) is 3.42. The molecule has 2 N–H and O–H groups in total. The Morgan fingerprint density at radius 1 is 1.03 bits per heavy atom. The molecule has 1 atom stereocenters. The fourth-order valence-electron chi connectivity index (χ4n) is 3.67. The van der Waals surface area contributed by atoms with Gasteiger partial charge in [-0.2, -0.15) is 0 Å². The molecule has 1 aliphatic rings. The Balaban J connectivity index is 1.75. The van der Waals surface area contributed by atoms with Gasteiger partial charge in [0.25, 0.3) is 5.91 Å². The third-order valence-corrected chi connectivity index (χ3v) is 4.93. The summed E-state index contributed by atoms with van der Waals surface area (Å²) in [6, 6.07) is 12.9. The highest BCUT2D eigenvalue weighted by atomic mass is 16.2. The van der Waals surface area contributed by atoms with E-state index in [1.54, 1.807) is 29.2 Å². The average molecular weight is 408 g/mol. The van der Waals surface area contributed by atoms with Crippen molar-refractivity contribution >= 4 is 29.1 Å². The second kappa shape index (κ2) is 8.30. The SMILES string of the molecule is Cc1cc(C)cc(N2CC(C(=O)Nc3ccccc3C(=O)NC(C)(C)C)CC2=O)c1. The summed E-state index contributed by atoms with van der Waals surface area (Å²) in [7, 11) is 0. The highest BCUT2D eigenvalue weighted by Gasteiger charge is 2.35. The van der Waals surface area contributed by atoms with Crippen molar-refractivity contribution in [3.05, 3.63) is 59.2 Å². The van der Waals surface area contributed by atoms with Crippen molar-refractivity contribution in [3.8, 4) is 0 Å². The maximum atomic E-state index is 12.9. The molecule has 0 aromatic heterocycles. The summed E-state index contributed by atoms with van der Waals surface area (Å²) in [5.74, 6) is -1.06. The van der Waals surface area contributed by atoms with Gasteiger partial charge in [-0.1, -0.05) is 18.2 Å². The second-order valence-electron chi connectivity index (χ2n) is 8.99. The Hall–Kier alpha value is -3.15. The van der Waals surface area contributed by atoms with Crippen LogP contribution in [0.1, 0.15) is 48.7 Å². The van der Waals surface area contributed by atoms with Gasteiger partial charge >= 0.3 is 0 Å². The van der Waals surface area contributed by atoms with Crippen LogP contribution in [0, 0.1) is 19.8 Å². The van der Waals surface area contributed by atoms with E-state index in [-0.39, 0.29) is 24.1 Å². The van der Waals surface area contributed by atoms with Gasteiger partial charge in [0.2, 0.25) is 11.8 Å². The number of para-hydroxylation sites is 1. The van der Waals surface area contributed by atoms with Crippen molar-refractivity contribution in [2.75, 3.05) is 16.8 Å². The summed E-state index contributed by atoms with van der Waals surface area (Å²) in [5, 5.41) is 5.77. The van der Waals surface area contributed by atoms with Gasteiger partial charge in [0.05, 0.1) is 17.2 Å². The molecule has 0 radical (unpaired) electrons. The summed E-state index contributed by atoms with van der Waals surface area (Å²) in [6.07, 6.45) is 0.148. The van der Waals surface area contributed by atoms with E-state index in [9.17, 15) is 14.4 Å². The molecule has 1 heterocycles. The molecule has 6 heteroatoms. The molecule has 1 unspecified atom stereocenters. The fraction of sp³-hybridized carbons (Fsp3) is 0.375. The average Bonchev–Trinajstić information content (AvgIpc) is 3.02. The molecular formula is C24H29N3O3. The van der Waals surface area contributed by atoms with Crippen LogP contribution in [0.15, 0.2) is 42.5 Å². The Morgan fingerprint density at radius 2 is 1.67 bits per heavy atom. The van der Waals surface area contributed by atoms with Crippen molar-refractivity contribution in [2.45, 2.75) is 46.6 Å². The van der Waals surface area contributed by atoms with Crippen molar-refractivity contribution in [1.82, 2.24) is 5.32 Å². The van der Waals surface area contributed by atoms with Crippen LogP contribution in [0.4, 0.5) is 11.4 Å². The lowest BCUT2D eigenvalue weighted by Crippen LogP contribution is -2.41. The largest absolute Gasteiger partial charge is 0.347 e. The number of carbonyl (C=O) groups excluding carboxylic acids is 3. The van der Waals surface area contributed by atoms with Crippen LogP contribution in [-0.2, 0) is 9.59 Å². The molecule has 158 valence electrons. The number of nitrogens with zero attached hydrogens (tertiary/aromatic N) is 1. The Morgan fingerprint density at radius 3 is 2.30 bits per heavy atom. The van der Waals surface area contributed by atoms with E-state index in [0.717, 1.165) is 16.8 Å². The zero-order chi connectivity index (χ0) is 22.1. The van der Waals surface area contributed by atoms with Gasteiger partial charge in [-0.15, -0.1) is 0 Å². The van der Waals surface area contributed by atoms with E-state index in [1.165, 1.54) is 0 Å². The highest BCUT2D eigenvalue weighted by molar-refractivity contribution is 6.07. The minimum Gasteiger partial charge on any atom is -0.347 e. The fourth-order valence-corrected chi connectivity index (χ4v) is 3.67. The topological polar surface area (TPSA) is 78.5 Å². The van der Waals surface area contributed by atoms with Crippen molar-refractivity contribution in [1.29, 1.82) is 0 Å². The molecule has 30 heavy (non-hydrogen) atoms. The van der Waals surface area contributed by atoms with Crippen LogP contribution in [0.2, 0.25) is 0 Å². The minimum absolute atomic E-state index is 0.0705. The number of hydrogen-bond acceptors (Lipinski definition) is 3. The minimum atomic E-state index is -0.475. The number of hydrogen-bond donors (Lipinski definition) is 2. The van der Waals surface area contributed by atoms with Crippen LogP contribution in [0.3, 0.4) is 0 Å². The summed E-state index contributed by atoms with van der Waals surface area (Å²) in [6.45, 7) is 10.00. The van der Waals surface area contributed by atoms with Gasteiger partial charge in [0.1, 0.15) is 0 Å². The number of rotatable bonds is 4. The first-order chi connectivity index (χ1) is 14.0. The molecule has 0 aliphatic carbocycles. The Bertz CT molecular complexity index is 971. The number of amides is 3. The van der Waals surface area contributed by atoms with E-state index in [2.05, 4.69) is 10.6 Å². The van der Waals surface area contributed by atoms with Gasteiger partial charge in [0.15, 0.2) is 0 Å². The quantitative estimate of drug-likeness (QED) is 0.809. The molecule has 2 aromatic rings. The normalized spacial score (nSPS) is 16.5. The first-order valence-electron chi connectivity index (χ1n) is 10.1. The molecule has 0 saturated carbocycles. The van der Waals surface area contributed by atoms with Gasteiger partial charge in [-0.3, -0.25) is 14.4 Å². The summed E-state index contributed by atoms with van der Waals surface area (Å²) < 4.78 is 0. The first kappa shape index (κ1) is 21.6. The van der Waals surface area contributed by atoms with Crippen LogP contribution >= 0.6 is 0 Å². The molecule has 2 aromatic carbocycles. The molecule has 3 amide bonds. The third-order valence-electron chi connectivity index (χ3n) is 4.93. The van der Waals surface area contributed by atoms with Crippen LogP contribution in [-0.4, -0.2) is 29.8 Å². The van der Waals surface area contributed by atoms with Gasteiger partial charge in [-0.25, -0.2) is 0 Å². The predicted octanol–water partition coefficient (Wildman–Crippen LogP) is 3.82. The number of carbonyl (C=O) groups is 3. The zero-order valence-electron chi connectivity index (χ0n) is 18.2. The lowest BCUT2D eigenvalue weighted by molar-refractivity contribution is -0.122. The summed E-state index contributed by atoms with van der Waals surface area (Å²) in [4.78, 5) is 39.8. The van der Waals surface area contributed by atoms with E-state index in [4.69, 9.17) is 0 Å². The molecule has 3 rings (SSSR count). The molecular weight excluding hydrogens is 378 g/mol. The monoisotopic (exact) mass is 407 g/mol. The lowest BCUT2D eigenvalue weighted by Gasteiger charge is -2.22. The smallest absolute Gasteiger partial charge is 0.253 e.